The fourth-order valence-electron chi connectivity index (χ4n) is 2.32. The average molecular weight is 280 g/mol. The molecule has 3 aromatic rings. The molecule has 0 aliphatic carbocycles. The number of furan rings is 1. The number of para-hydroxylation sites is 1. The van der Waals surface area contributed by atoms with E-state index < -0.39 is 0 Å². The molecule has 4 nitrogen and oxygen atoms in total. The van der Waals surface area contributed by atoms with Crippen molar-refractivity contribution in [1.82, 2.24) is 0 Å². The zero-order chi connectivity index (χ0) is 14.8. The molecule has 0 amide bonds. The third-order valence-electron chi connectivity index (χ3n) is 3.22. The molecule has 0 radical (unpaired) electrons. The first-order valence-electron chi connectivity index (χ1n) is 6.66. The Morgan fingerprint density at radius 1 is 1.14 bits per heavy atom. The van der Waals surface area contributed by atoms with Crippen LogP contribution in [0.1, 0.15) is 6.92 Å². The fourth-order valence-corrected chi connectivity index (χ4v) is 2.32. The van der Waals surface area contributed by atoms with Crippen molar-refractivity contribution in [2.75, 3.05) is 12.4 Å². The quantitative estimate of drug-likeness (QED) is 0.548. The normalized spacial score (nSPS) is 10.6. The van der Waals surface area contributed by atoms with Gasteiger partial charge in [-0.2, -0.15) is 0 Å². The maximum Gasteiger partial charge on any atom is 0.139 e. The van der Waals surface area contributed by atoms with Crippen molar-refractivity contribution >= 4 is 22.5 Å². The summed E-state index contributed by atoms with van der Waals surface area (Å²) in [6.45, 7) is 1.71. The third-order valence-corrected chi connectivity index (χ3v) is 3.22. The van der Waals surface area contributed by atoms with Crippen LogP contribution in [0, 0.1) is 5.41 Å². The Morgan fingerprint density at radius 2 is 1.95 bits per heavy atom. The van der Waals surface area contributed by atoms with Crippen LogP contribution in [0.15, 0.2) is 52.9 Å². The summed E-state index contributed by atoms with van der Waals surface area (Å²) >= 11 is 0. The summed E-state index contributed by atoms with van der Waals surface area (Å²) < 4.78 is 11.3. The van der Waals surface area contributed by atoms with E-state index >= 15 is 0 Å². The van der Waals surface area contributed by atoms with Crippen LogP contribution in [0.25, 0.3) is 22.3 Å². The number of rotatable bonds is 3. The molecule has 1 heterocycles. The molecular weight excluding hydrogens is 264 g/mol. The SMILES string of the molecule is COc1ccccc1-c1cc2cc(NC(C)=N)ccc2o1. The van der Waals surface area contributed by atoms with Crippen molar-refractivity contribution < 1.29 is 9.15 Å². The summed E-state index contributed by atoms with van der Waals surface area (Å²) in [7, 11) is 1.65. The van der Waals surface area contributed by atoms with E-state index in [-0.39, 0.29) is 0 Å². The summed E-state index contributed by atoms with van der Waals surface area (Å²) in [5.74, 6) is 1.96. The molecule has 2 N–H and O–H groups in total. The van der Waals surface area contributed by atoms with Crippen molar-refractivity contribution in [3.05, 3.63) is 48.5 Å². The average Bonchev–Trinajstić information content (AvgIpc) is 2.89. The highest BCUT2D eigenvalue weighted by Gasteiger charge is 2.11. The van der Waals surface area contributed by atoms with Gasteiger partial charge in [-0.25, -0.2) is 0 Å². The molecule has 106 valence electrons. The molecule has 0 bridgehead atoms. The summed E-state index contributed by atoms with van der Waals surface area (Å²) in [5.41, 5.74) is 2.61. The predicted octanol–water partition coefficient (Wildman–Crippen LogP) is 4.52. The highest BCUT2D eigenvalue weighted by atomic mass is 16.5. The van der Waals surface area contributed by atoms with Gasteiger partial charge < -0.3 is 14.5 Å². The third kappa shape index (κ3) is 2.60. The topological polar surface area (TPSA) is 58.2 Å². The van der Waals surface area contributed by atoms with Gasteiger partial charge >= 0.3 is 0 Å². The number of hydrogen-bond donors (Lipinski definition) is 2. The second kappa shape index (κ2) is 5.32. The van der Waals surface area contributed by atoms with Crippen LogP contribution in [0.5, 0.6) is 5.75 Å². The lowest BCUT2D eigenvalue weighted by Gasteiger charge is -2.04. The van der Waals surface area contributed by atoms with E-state index in [0.29, 0.717) is 5.84 Å². The highest BCUT2D eigenvalue weighted by Crippen LogP contribution is 2.34. The lowest BCUT2D eigenvalue weighted by Crippen LogP contribution is -2.04. The zero-order valence-corrected chi connectivity index (χ0v) is 11.9. The molecule has 0 spiro atoms. The number of benzene rings is 2. The second-order valence-electron chi connectivity index (χ2n) is 4.81. The maximum absolute atomic E-state index is 7.48. The molecule has 0 saturated carbocycles. The number of methoxy groups -OCH3 is 1. The second-order valence-corrected chi connectivity index (χ2v) is 4.81. The van der Waals surface area contributed by atoms with Gasteiger partial charge in [-0.1, -0.05) is 12.1 Å². The van der Waals surface area contributed by atoms with Gasteiger partial charge in [0.2, 0.25) is 0 Å². The Bertz CT molecular complexity index is 805. The van der Waals surface area contributed by atoms with E-state index in [1.54, 1.807) is 14.0 Å². The number of hydrogen-bond acceptors (Lipinski definition) is 3. The smallest absolute Gasteiger partial charge is 0.139 e. The van der Waals surface area contributed by atoms with E-state index in [4.69, 9.17) is 14.6 Å². The number of nitrogens with one attached hydrogen (secondary N) is 2. The van der Waals surface area contributed by atoms with Gasteiger partial charge in [-0.3, -0.25) is 5.41 Å². The molecule has 0 atom stereocenters. The lowest BCUT2D eigenvalue weighted by molar-refractivity contribution is 0.415. The largest absolute Gasteiger partial charge is 0.496 e. The first kappa shape index (κ1) is 13.2. The Hall–Kier alpha value is -2.75. The lowest BCUT2D eigenvalue weighted by atomic mass is 10.1. The monoisotopic (exact) mass is 280 g/mol. The Labute approximate surface area is 122 Å². The molecule has 4 heteroatoms. The maximum atomic E-state index is 7.48. The van der Waals surface area contributed by atoms with E-state index in [0.717, 1.165) is 33.7 Å². The van der Waals surface area contributed by atoms with Crippen molar-refractivity contribution in [3.63, 3.8) is 0 Å². The predicted molar refractivity (Wildman–Crippen MR) is 85.2 cm³/mol. The molecule has 0 aliphatic heterocycles. The molecule has 1 aromatic heterocycles. The Kier molecular flexibility index (Phi) is 3.36. The fraction of sp³-hybridized carbons (Fsp3) is 0.118. The first-order valence-corrected chi connectivity index (χ1v) is 6.66. The zero-order valence-electron chi connectivity index (χ0n) is 11.9. The highest BCUT2D eigenvalue weighted by molar-refractivity contribution is 5.94. The van der Waals surface area contributed by atoms with Gasteiger partial charge in [0.1, 0.15) is 17.1 Å². The minimum Gasteiger partial charge on any atom is -0.496 e. The molecule has 0 unspecified atom stereocenters. The van der Waals surface area contributed by atoms with Gasteiger partial charge in [0.05, 0.1) is 18.5 Å². The van der Waals surface area contributed by atoms with Crippen LogP contribution in [-0.4, -0.2) is 12.9 Å². The molecule has 2 aromatic carbocycles. The van der Waals surface area contributed by atoms with Gasteiger partial charge in [-0.15, -0.1) is 0 Å². The number of ether oxygens (including phenoxy) is 1. The minimum atomic E-state index is 0.405. The van der Waals surface area contributed by atoms with Crippen LogP contribution >= 0.6 is 0 Å². The first-order chi connectivity index (χ1) is 10.2. The number of amidine groups is 1. The van der Waals surface area contributed by atoms with Gasteiger partial charge in [0.15, 0.2) is 0 Å². The van der Waals surface area contributed by atoms with Crippen LogP contribution in [0.2, 0.25) is 0 Å². The summed E-state index contributed by atoms with van der Waals surface area (Å²) in [4.78, 5) is 0. The van der Waals surface area contributed by atoms with E-state index in [9.17, 15) is 0 Å². The van der Waals surface area contributed by atoms with Gasteiger partial charge in [-0.05, 0) is 43.3 Å². The van der Waals surface area contributed by atoms with Crippen LogP contribution < -0.4 is 10.1 Å². The van der Waals surface area contributed by atoms with Crippen molar-refractivity contribution in [1.29, 1.82) is 5.41 Å². The van der Waals surface area contributed by atoms with Gasteiger partial charge in [0, 0.05) is 11.1 Å². The van der Waals surface area contributed by atoms with Crippen molar-refractivity contribution in [2.45, 2.75) is 6.92 Å². The Morgan fingerprint density at radius 3 is 2.71 bits per heavy atom. The van der Waals surface area contributed by atoms with Crippen LogP contribution in [0.3, 0.4) is 0 Å². The van der Waals surface area contributed by atoms with E-state index in [1.165, 1.54) is 0 Å². The Balaban J connectivity index is 2.06. The molecule has 0 aliphatic rings. The summed E-state index contributed by atoms with van der Waals surface area (Å²) in [5, 5.41) is 11.5. The van der Waals surface area contributed by atoms with E-state index in [1.807, 2.05) is 48.5 Å². The summed E-state index contributed by atoms with van der Waals surface area (Å²) in [6, 6.07) is 15.5. The summed E-state index contributed by atoms with van der Waals surface area (Å²) in [6.07, 6.45) is 0. The molecule has 0 saturated heterocycles. The minimum absolute atomic E-state index is 0.405. The molecule has 3 rings (SSSR count). The standard InChI is InChI=1S/C17H16N2O2/c1-11(18)19-13-7-8-15-12(9-13)10-17(21-15)14-5-3-4-6-16(14)20-2/h3-10H,1-2H3,(H2,18,19). The number of anilines is 1. The number of fused-ring (bicyclic) bond motifs is 1. The molecule has 21 heavy (non-hydrogen) atoms. The molecular formula is C17H16N2O2. The van der Waals surface area contributed by atoms with E-state index in [2.05, 4.69) is 5.32 Å². The molecule has 0 fully saturated rings. The van der Waals surface area contributed by atoms with Crippen molar-refractivity contribution in [3.8, 4) is 17.1 Å². The van der Waals surface area contributed by atoms with Crippen LogP contribution in [0.4, 0.5) is 5.69 Å². The van der Waals surface area contributed by atoms with Crippen molar-refractivity contribution in [2.24, 2.45) is 0 Å². The van der Waals surface area contributed by atoms with Gasteiger partial charge in [0.25, 0.3) is 0 Å². The van der Waals surface area contributed by atoms with Crippen LogP contribution in [-0.2, 0) is 0 Å².